The molecule has 3 aromatic rings. The van der Waals surface area contributed by atoms with Crippen LogP contribution < -0.4 is 15.4 Å². The number of Topliss-reactive ketones (excluding diaryl/α,β-unsaturated/α-hetero) is 1. The number of ether oxygens (including phenoxy) is 1. The van der Waals surface area contributed by atoms with E-state index in [0.29, 0.717) is 34.8 Å². The van der Waals surface area contributed by atoms with E-state index in [2.05, 4.69) is 22.6 Å². The van der Waals surface area contributed by atoms with Crippen molar-refractivity contribution in [2.24, 2.45) is 0 Å². The molecule has 3 heterocycles. The second kappa shape index (κ2) is 10.5. The van der Waals surface area contributed by atoms with Crippen molar-refractivity contribution in [1.82, 2.24) is 10.2 Å². The molecule has 9 heteroatoms. The van der Waals surface area contributed by atoms with E-state index < -0.39 is 0 Å². The number of carbonyl (C=O) groups excluding carboxylic acids is 3. The molecule has 8 nitrogen and oxygen atoms in total. The van der Waals surface area contributed by atoms with Crippen LogP contribution in [0.15, 0.2) is 42.5 Å². The predicted molar refractivity (Wildman–Crippen MR) is 137 cm³/mol. The molecule has 1 spiro atoms. The van der Waals surface area contributed by atoms with Gasteiger partial charge in [0.25, 0.3) is 0 Å². The monoisotopic (exact) mass is 495 g/mol. The molecule has 1 aromatic heterocycles. The highest BCUT2D eigenvalue weighted by molar-refractivity contribution is 7.23. The van der Waals surface area contributed by atoms with Gasteiger partial charge in [0, 0.05) is 42.6 Å². The number of aldehydes is 1. The molecule has 3 N–H and O–H groups in total. The normalized spacial score (nSPS) is 16.6. The van der Waals surface area contributed by atoms with Crippen LogP contribution >= 0.6 is 11.3 Å². The number of amides is 2. The fourth-order valence-electron chi connectivity index (χ4n) is 4.37. The molecule has 2 aliphatic rings. The standard InChI is InChI=1S/C14H17NO3.C12H12N2O2S/c1-15-6-4-14(5-7-15)9-12(17)11-8-10(16)2-3-13(11)18-14;1-2-13-12(16)14-11-9(7-15)8-5-3-4-6-10(8)17-11/h2-3,8,16H,4-7,9H2,1H3;3-7H,2H2,1H3,(H2,13,14,16). The van der Waals surface area contributed by atoms with Gasteiger partial charge in [-0.2, -0.15) is 0 Å². The van der Waals surface area contributed by atoms with E-state index in [9.17, 15) is 19.5 Å². The minimum atomic E-state index is -0.326. The Balaban J connectivity index is 0.000000165. The van der Waals surface area contributed by atoms with Gasteiger partial charge in [0.05, 0.1) is 17.5 Å². The van der Waals surface area contributed by atoms with Crippen molar-refractivity contribution in [3.8, 4) is 11.5 Å². The lowest BCUT2D eigenvalue weighted by molar-refractivity contribution is -0.00375. The summed E-state index contributed by atoms with van der Waals surface area (Å²) in [6, 6.07) is 12.1. The number of nitrogens with zero attached hydrogens (tertiary/aromatic N) is 1. The fraction of sp³-hybridized carbons (Fsp3) is 0.346. The number of anilines is 1. The number of fused-ring (bicyclic) bond motifs is 2. The van der Waals surface area contributed by atoms with Crippen molar-refractivity contribution in [2.75, 3.05) is 32.0 Å². The SMILES string of the molecule is CCNC(=O)Nc1sc2ccccc2c1C=O.CN1CCC2(CC1)CC(=O)c1cc(O)ccc1O2. The van der Waals surface area contributed by atoms with Gasteiger partial charge in [-0.25, -0.2) is 4.79 Å². The van der Waals surface area contributed by atoms with Crippen molar-refractivity contribution in [2.45, 2.75) is 31.8 Å². The highest BCUT2D eigenvalue weighted by atomic mass is 32.1. The van der Waals surface area contributed by atoms with Crippen LogP contribution in [-0.4, -0.2) is 60.4 Å². The summed E-state index contributed by atoms with van der Waals surface area (Å²) in [5, 5.41) is 16.2. The molecular weight excluding hydrogens is 466 g/mol. The summed E-state index contributed by atoms with van der Waals surface area (Å²) < 4.78 is 7.06. The predicted octanol–water partition coefficient (Wildman–Crippen LogP) is 4.68. The maximum atomic E-state index is 12.2. The smallest absolute Gasteiger partial charge is 0.319 e. The molecule has 5 rings (SSSR count). The molecule has 2 amide bonds. The molecule has 184 valence electrons. The Morgan fingerprint density at radius 2 is 1.97 bits per heavy atom. The van der Waals surface area contributed by atoms with Gasteiger partial charge in [0.2, 0.25) is 0 Å². The summed E-state index contributed by atoms with van der Waals surface area (Å²) >= 11 is 1.40. The van der Waals surface area contributed by atoms with Gasteiger partial charge in [0.1, 0.15) is 22.1 Å². The third-order valence-electron chi connectivity index (χ3n) is 6.29. The Morgan fingerprint density at radius 1 is 1.23 bits per heavy atom. The summed E-state index contributed by atoms with van der Waals surface area (Å²) in [6.07, 6.45) is 2.97. The van der Waals surface area contributed by atoms with Crippen LogP contribution in [0.1, 0.15) is 46.9 Å². The molecular formula is C26H29N3O5S. The lowest BCUT2D eigenvalue weighted by atomic mass is 9.82. The number of urea groups is 1. The van der Waals surface area contributed by atoms with Gasteiger partial charge in [-0.1, -0.05) is 18.2 Å². The molecule has 0 bridgehead atoms. The quantitative estimate of drug-likeness (QED) is 0.456. The van der Waals surface area contributed by atoms with E-state index in [4.69, 9.17) is 4.74 Å². The summed E-state index contributed by atoms with van der Waals surface area (Å²) in [5.74, 6) is 0.815. The van der Waals surface area contributed by atoms with Crippen LogP contribution in [0.3, 0.4) is 0 Å². The topological polar surface area (TPSA) is 108 Å². The van der Waals surface area contributed by atoms with Crippen molar-refractivity contribution in [3.63, 3.8) is 0 Å². The third kappa shape index (κ3) is 5.47. The molecule has 0 atom stereocenters. The molecule has 2 aliphatic heterocycles. The summed E-state index contributed by atoms with van der Waals surface area (Å²) in [7, 11) is 2.09. The number of phenols is 1. The van der Waals surface area contributed by atoms with Gasteiger partial charge >= 0.3 is 6.03 Å². The molecule has 35 heavy (non-hydrogen) atoms. The highest BCUT2D eigenvalue weighted by Crippen LogP contribution is 2.40. The number of benzene rings is 2. The zero-order chi connectivity index (χ0) is 25.0. The number of ketones is 1. The number of hydrogen-bond donors (Lipinski definition) is 3. The van der Waals surface area contributed by atoms with Crippen molar-refractivity contribution in [1.29, 1.82) is 0 Å². The van der Waals surface area contributed by atoms with Crippen LogP contribution in [0.4, 0.5) is 9.80 Å². The number of carbonyl (C=O) groups is 3. The second-order valence-electron chi connectivity index (χ2n) is 8.81. The summed E-state index contributed by atoms with van der Waals surface area (Å²) in [4.78, 5) is 36.9. The minimum Gasteiger partial charge on any atom is -0.508 e. The maximum Gasteiger partial charge on any atom is 0.319 e. The number of likely N-dealkylation sites (tertiary alicyclic amines) is 1. The Bertz CT molecular complexity index is 1250. The number of thiophene rings is 1. The van der Waals surface area contributed by atoms with Crippen LogP contribution in [0, 0.1) is 0 Å². The molecule has 0 saturated carbocycles. The Morgan fingerprint density at radius 3 is 2.69 bits per heavy atom. The second-order valence-corrected chi connectivity index (χ2v) is 9.86. The molecule has 1 fully saturated rings. The number of aromatic hydroxyl groups is 1. The first-order chi connectivity index (χ1) is 16.8. The van der Waals surface area contributed by atoms with E-state index in [0.717, 1.165) is 42.3 Å². The van der Waals surface area contributed by atoms with Gasteiger partial charge in [0.15, 0.2) is 12.1 Å². The average Bonchev–Trinajstić information content (AvgIpc) is 3.19. The van der Waals surface area contributed by atoms with Gasteiger partial charge < -0.3 is 20.1 Å². The summed E-state index contributed by atoms with van der Waals surface area (Å²) in [5.41, 5.74) is 0.726. The Labute approximate surface area is 207 Å². The van der Waals surface area contributed by atoms with Crippen molar-refractivity contribution < 1.29 is 24.2 Å². The maximum absolute atomic E-state index is 12.2. The van der Waals surface area contributed by atoms with Crippen molar-refractivity contribution >= 4 is 44.5 Å². The highest BCUT2D eigenvalue weighted by Gasteiger charge is 2.42. The summed E-state index contributed by atoms with van der Waals surface area (Å²) in [6.45, 7) is 4.31. The van der Waals surface area contributed by atoms with E-state index in [1.165, 1.54) is 17.4 Å². The first-order valence-electron chi connectivity index (χ1n) is 11.6. The van der Waals surface area contributed by atoms with Crippen LogP contribution in [0.25, 0.3) is 10.1 Å². The number of hydrogen-bond acceptors (Lipinski definition) is 7. The van der Waals surface area contributed by atoms with Crippen LogP contribution in [0.5, 0.6) is 11.5 Å². The Hall–Kier alpha value is -3.43. The first kappa shape index (κ1) is 24.7. The zero-order valence-corrected chi connectivity index (χ0v) is 20.6. The van der Waals surface area contributed by atoms with Gasteiger partial charge in [-0.15, -0.1) is 11.3 Å². The first-order valence-corrected chi connectivity index (χ1v) is 12.4. The molecule has 0 aliphatic carbocycles. The molecule has 0 radical (unpaired) electrons. The molecule has 1 saturated heterocycles. The van der Waals surface area contributed by atoms with E-state index in [1.54, 1.807) is 12.1 Å². The molecule has 2 aromatic carbocycles. The third-order valence-corrected chi connectivity index (χ3v) is 7.39. The Kier molecular flexibility index (Phi) is 7.37. The van der Waals surface area contributed by atoms with E-state index in [1.807, 2.05) is 31.2 Å². The number of nitrogens with one attached hydrogen (secondary N) is 2. The van der Waals surface area contributed by atoms with Gasteiger partial charge in [-0.3, -0.25) is 14.9 Å². The number of piperidine rings is 1. The number of rotatable bonds is 3. The largest absolute Gasteiger partial charge is 0.508 e. The number of phenolic OH excluding ortho intramolecular Hbond substituents is 1. The lowest BCUT2D eigenvalue weighted by Gasteiger charge is -2.43. The average molecular weight is 496 g/mol. The van der Waals surface area contributed by atoms with Gasteiger partial charge in [-0.05, 0) is 38.2 Å². The lowest BCUT2D eigenvalue weighted by Crippen LogP contribution is -2.50. The van der Waals surface area contributed by atoms with E-state index in [-0.39, 0.29) is 23.2 Å². The van der Waals surface area contributed by atoms with Crippen LogP contribution in [-0.2, 0) is 0 Å². The minimum absolute atomic E-state index is 0.0803. The fourth-order valence-corrected chi connectivity index (χ4v) is 5.44. The molecule has 0 unspecified atom stereocenters. The van der Waals surface area contributed by atoms with Crippen molar-refractivity contribution in [3.05, 3.63) is 53.6 Å². The van der Waals surface area contributed by atoms with Crippen LogP contribution in [0.2, 0.25) is 0 Å². The van der Waals surface area contributed by atoms with E-state index >= 15 is 0 Å². The zero-order valence-electron chi connectivity index (χ0n) is 19.8.